The van der Waals surface area contributed by atoms with Gasteiger partial charge in [-0.1, -0.05) is 62.2 Å². The topological polar surface area (TPSA) is 66.9 Å². The molecular weight excluding hydrogens is 400 g/mol. The van der Waals surface area contributed by atoms with Crippen molar-refractivity contribution >= 4 is 37.5 Å². The maximum Gasteiger partial charge on any atom is 0.270 e. The van der Waals surface area contributed by atoms with Crippen molar-refractivity contribution in [2.75, 3.05) is 0 Å². The standard InChI is InChI=1S/C15H10Br2N2O2/c16-14(10-4-2-1-3-5-10)15(17)13-7-6-12(19(20)21)8-11(13)9-18/h1-8,14-15H/t14-,15-/m0/s1. The monoisotopic (exact) mass is 408 g/mol. The highest BCUT2D eigenvalue weighted by molar-refractivity contribution is 9.12. The first kappa shape index (κ1) is 15.7. The molecule has 0 saturated heterocycles. The maximum atomic E-state index is 10.8. The first-order valence-corrected chi connectivity index (χ1v) is 7.89. The van der Waals surface area contributed by atoms with Gasteiger partial charge in [0.25, 0.3) is 5.69 Å². The largest absolute Gasteiger partial charge is 0.270 e. The van der Waals surface area contributed by atoms with Gasteiger partial charge in [0.15, 0.2) is 0 Å². The van der Waals surface area contributed by atoms with E-state index in [1.807, 2.05) is 36.4 Å². The van der Waals surface area contributed by atoms with Gasteiger partial charge >= 0.3 is 0 Å². The normalized spacial score (nSPS) is 13.2. The fourth-order valence-electron chi connectivity index (χ4n) is 1.96. The zero-order valence-electron chi connectivity index (χ0n) is 10.7. The highest BCUT2D eigenvalue weighted by Crippen LogP contribution is 2.43. The van der Waals surface area contributed by atoms with Crippen LogP contribution in [0.5, 0.6) is 0 Å². The second kappa shape index (κ2) is 6.83. The van der Waals surface area contributed by atoms with Gasteiger partial charge in [0.1, 0.15) is 0 Å². The number of nitro groups is 1. The Morgan fingerprint density at radius 2 is 1.76 bits per heavy atom. The van der Waals surface area contributed by atoms with Crippen molar-refractivity contribution in [1.29, 1.82) is 5.26 Å². The minimum Gasteiger partial charge on any atom is -0.258 e. The summed E-state index contributed by atoms with van der Waals surface area (Å²) in [6, 6.07) is 16.1. The number of nitro benzene ring substituents is 1. The van der Waals surface area contributed by atoms with Crippen LogP contribution in [0.2, 0.25) is 0 Å². The Balaban J connectivity index is 2.37. The van der Waals surface area contributed by atoms with Gasteiger partial charge in [-0.15, -0.1) is 0 Å². The number of alkyl halides is 2. The van der Waals surface area contributed by atoms with E-state index in [1.54, 1.807) is 6.07 Å². The Hall–Kier alpha value is -1.71. The summed E-state index contributed by atoms with van der Waals surface area (Å²) in [4.78, 5) is 10.1. The third kappa shape index (κ3) is 3.49. The number of nitriles is 1. The van der Waals surface area contributed by atoms with Gasteiger partial charge in [0, 0.05) is 12.1 Å². The molecule has 106 valence electrons. The smallest absolute Gasteiger partial charge is 0.258 e. The second-order valence-electron chi connectivity index (χ2n) is 4.35. The molecule has 2 rings (SSSR count). The van der Waals surface area contributed by atoms with Crippen LogP contribution in [0.1, 0.15) is 26.3 Å². The van der Waals surface area contributed by atoms with Crippen molar-refractivity contribution < 1.29 is 4.92 Å². The molecule has 0 saturated carbocycles. The lowest BCUT2D eigenvalue weighted by Crippen LogP contribution is -2.02. The molecule has 2 aromatic carbocycles. The predicted molar refractivity (Wildman–Crippen MR) is 87.6 cm³/mol. The fraction of sp³-hybridized carbons (Fsp3) is 0.133. The highest BCUT2D eigenvalue weighted by atomic mass is 79.9. The molecule has 0 radical (unpaired) electrons. The molecule has 0 aliphatic heterocycles. The summed E-state index contributed by atoms with van der Waals surface area (Å²) >= 11 is 7.18. The lowest BCUT2D eigenvalue weighted by atomic mass is 9.99. The molecule has 21 heavy (non-hydrogen) atoms. The van der Waals surface area contributed by atoms with Gasteiger partial charge in [-0.25, -0.2) is 0 Å². The molecule has 0 bridgehead atoms. The van der Waals surface area contributed by atoms with Crippen molar-refractivity contribution in [3.05, 3.63) is 75.3 Å². The van der Waals surface area contributed by atoms with Crippen molar-refractivity contribution in [2.45, 2.75) is 9.65 Å². The highest BCUT2D eigenvalue weighted by Gasteiger charge is 2.23. The lowest BCUT2D eigenvalue weighted by molar-refractivity contribution is -0.384. The third-order valence-electron chi connectivity index (χ3n) is 3.04. The lowest BCUT2D eigenvalue weighted by Gasteiger charge is -2.18. The molecule has 0 spiro atoms. The second-order valence-corrected chi connectivity index (χ2v) is 6.33. The van der Waals surface area contributed by atoms with Gasteiger partial charge in [-0.05, 0) is 17.2 Å². The van der Waals surface area contributed by atoms with Crippen LogP contribution in [0, 0.1) is 21.4 Å². The van der Waals surface area contributed by atoms with Crippen LogP contribution in [-0.4, -0.2) is 4.92 Å². The van der Waals surface area contributed by atoms with Crippen molar-refractivity contribution in [3.8, 4) is 6.07 Å². The molecule has 4 nitrogen and oxygen atoms in total. The number of hydrogen-bond acceptors (Lipinski definition) is 3. The van der Waals surface area contributed by atoms with Crippen molar-refractivity contribution in [1.82, 2.24) is 0 Å². The van der Waals surface area contributed by atoms with Crippen LogP contribution < -0.4 is 0 Å². The van der Waals surface area contributed by atoms with E-state index in [4.69, 9.17) is 0 Å². The third-order valence-corrected chi connectivity index (χ3v) is 5.83. The number of rotatable bonds is 4. The summed E-state index contributed by atoms with van der Waals surface area (Å²) in [5, 5.41) is 20.0. The first-order chi connectivity index (χ1) is 10.0. The molecule has 0 N–H and O–H groups in total. The van der Waals surface area contributed by atoms with Crippen LogP contribution >= 0.6 is 31.9 Å². The molecule has 2 atom stereocenters. The van der Waals surface area contributed by atoms with Gasteiger partial charge in [-0.3, -0.25) is 10.1 Å². The molecule has 0 aliphatic carbocycles. The minimum absolute atomic E-state index is 0.0488. The van der Waals surface area contributed by atoms with E-state index in [2.05, 4.69) is 31.9 Å². The van der Waals surface area contributed by atoms with Crippen molar-refractivity contribution in [3.63, 3.8) is 0 Å². The number of benzene rings is 2. The Kier molecular flexibility index (Phi) is 5.10. The summed E-state index contributed by atoms with van der Waals surface area (Å²) < 4.78 is 0. The predicted octanol–water partition coefficient (Wildman–Crippen LogP) is 5.04. The van der Waals surface area contributed by atoms with Gasteiger partial charge in [0.05, 0.1) is 26.2 Å². The molecule has 0 aliphatic rings. The van der Waals surface area contributed by atoms with E-state index in [9.17, 15) is 15.4 Å². The summed E-state index contributed by atoms with van der Waals surface area (Å²) in [7, 11) is 0. The van der Waals surface area contributed by atoms with Crippen LogP contribution in [-0.2, 0) is 0 Å². The summed E-state index contributed by atoms with van der Waals surface area (Å²) in [5.41, 5.74) is 1.99. The molecule has 0 unspecified atom stereocenters. The van der Waals surface area contributed by atoms with Gasteiger partial charge < -0.3 is 0 Å². The Morgan fingerprint density at radius 1 is 1.10 bits per heavy atom. The fourth-order valence-corrected chi connectivity index (χ4v) is 3.25. The first-order valence-electron chi connectivity index (χ1n) is 6.06. The van der Waals surface area contributed by atoms with E-state index in [0.717, 1.165) is 5.56 Å². The van der Waals surface area contributed by atoms with E-state index < -0.39 is 4.92 Å². The average Bonchev–Trinajstić information content (AvgIpc) is 2.53. The molecule has 0 aromatic heterocycles. The molecule has 2 aromatic rings. The molecule has 0 amide bonds. The van der Waals surface area contributed by atoms with Crippen molar-refractivity contribution in [2.24, 2.45) is 0 Å². The van der Waals surface area contributed by atoms with Gasteiger partial charge in [-0.2, -0.15) is 5.26 Å². The van der Waals surface area contributed by atoms with Crippen LogP contribution in [0.4, 0.5) is 5.69 Å². The Morgan fingerprint density at radius 3 is 2.33 bits per heavy atom. The zero-order chi connectivity index (χ0) is 15.4. The zero-order valence-corrected chi connectivity index (χ0v) is 13.9. The SMILES string of the molecule is N#Cc1cc([N+](=O)[O-])ccc1[C@H](Br)[C@@H](Br)c1ccccc1. The molecule has 0 heterocycles. The van der Waals surface area contributed by atoms with E-state index in [1.165, 1.54) is 12.1 Å². The van der Waals surface area contributed by atoms with Crippen LogP contribution in [0.25, 0.3) is 0 Å². The average molecular weight is 410 g/mol. The van der Waals surface area contributed by atoms with Gasteiger partial charge in [0.2, 0.25) is 0 Å². The Labute approximate surface area is 138 Å². The van der Waals surface area contributed by atoms with Crippen LogP contribution in [0.3, 0.4) is 0 Å². The summed E-state index contributed by atoms with van der Waals surface area (Å²) in [6.07, 6.45) is 0. The molecule has 6 heteroatoms. The number of nitrogens with zero attached hydrogens (tertiary/aromatic N) is 2. The number of hydrogen-bond donors (Lipinski definition) is 0. The Bertz CT molecular complexity index is 699. The van der Waals surface area contributed by atoms with E-state index >= 15 is 0 Å². The molecule has 0 fully saturated rings. The minimum atomic E-state index is -0.503. The maximum absolute atomic E-state index is 10.8. The quantitative estimate of drug-likeness (QED) is 0.403. The van der Waals surface area contributed by atoms with Crippen LogP contribution in [0.15, 0.2) is 48.5 Å². The number of non-ortho nitro benzene ring substituents is 1. The van der Waals surface area contributed by atoms with E-state index in [-0.39, 0.29) is 15.3 Å². The van der Waals surface area contributed by atoms with E-state index in [0.29, 0.717) is 11.1 Å². The number of halogens is 2. The summed E-state index contributed by atoms with van der Waals surface area (Å²) in [5.74, 6) is 0. The molecular formula is C15H10Br2N2O2. The summed E-state index contributed by atoms with van der Waals surface area (Å²) in [6.45, 7) is 0.